The Kier molecular flexibility index (Phi) is 10.1. The molecule has 0 aliphatic carbocycles. The van der Waals surface area contributed by atoms with Crippen LogP contribution in [0.15, 0.2) is 66.7 Å². The zero-order valence-corrected chi connectivity index (χ0v) is 23.4. The van der Waals surface area contributed by atoms with Gasteiger partial charge in [-0.05, 0) is 46.9 Å². The van der Waals surface area contributed by atoms with Crippen molar-refractivity contribution in [2.24, 2.45) is 5.73 Å². The minimum atomic E-state index is -0.834. The van der Waals surface area contributed by atoms with Crippen molar-refractivity contribution in [3.63, 3.8) is 0 Å². The largest absolute Gasteiger partial charge is 0.352 e. The van der Waals surface area contributed by atoms with Crippen LogP contribution in [0, 0.1) is 0 Å². The van der Waals surface area contributed by atoms with Gasteiger partial charge in [-0.1, -0.05) is 79.5 Å². The molecule has 1 aliphatic rings. The molecular formula is C31H36ClFN4O3. The van der Waals surface area contributed by atoms with E-state index in [1.165, 1.54) is 0 Å². The van der Waals surface area contributed by atoms with Crippen LogP contribution in [-0.4, -0.2) is 72.0 Å². The zero-order chi connectivity index (χ0) is 28.6. The third kappa shape index (κ3) is 6.98. The van der Waals surface area contributed by atoms with Crippen LogP contribution in [-0.2, 0) is 27.2 Å². The highest BCUT2D eigenvalue weighted by atomic mass is 35.5. The third-order valence-electron chi connectivity index (χ3n) is 7.37. The van der Waals surface area contributed by atoms with Crippen molar-refractivity contribution in [2.45, 2.75) is 50.7 Å². The lowest BCUT2D eigenvalue weighted by Crippen LogP contribution is -2.65. The number of amides is 3. The predicted octanol–water partition coefficient (Wildman–Crippen LogP) is 3.90. The molecule has 3 aromatic rings. The van der Waals surface area contributed by atoms with Crippen LogP contribution in [0.3, 0.4) is 0 Å². The molecule has 40 heavy (non-hydrogen) atoms. The fraction of sp³-hybridized carbons (Fsp3) is 0.387. The van der Waals surface area contributed by atoms with E-state index in [-0.39, 0.29) is 37.9 Å². The van der Waals surface area contributed by atoms with Gasteiger partial charge < -0.3 is 20.9 Å². The van der Waals surface area contributed by atoms with E-state index in [1.54, 1.807) is 21.9 Å². The van der Waals surface area contributed by atoms with E-state index >= 15 is 0 Å². The van der Waals surface area contributed by atoms with Gasteiger partial charge in [0.2, 0.25) is 17.7 Å². The maximum Gasteiger partial charge on any atom is 0.246 e. The van der Waals surface area contributed by atoms with Crippen molar-refractivity contribution in [3.05, 3.63) is 82.9 Å². The maximum absolute atomic E-state index is 13.9. The van der Waals surface area contributed by atoms with Crippen LogP contribution >= 0.6 is 11.6 Å². The first-order chi connectivity index (χ1) is 19.3. The van der Waals surface area contributed by atoms with E-state index < -0.39 is 30.7 Å². The SMILES string of the molecule is CCC[C@H]1C(=O)N([C@@H](Cc2ccc3ccccc3c2)C(=O)NCCF)CCN1C(=O)[C@H](N)Cc1ccc(Cl)cc1. The third-order valence-corrected chi connectivity index (χ3v) is 7.62. The van der Waals surface area contributed by atoms with Gasteiger partial charge in [0.1, 0.15) is 18.8 Å². The number of rotatable bonds is 11. The van der Waals surface area contributed by atoms with Gasteiger partial charge in [-0.25, -0.2) is 4.39 Å². The van der Waals surface area contributed by atoms with Crippen LogP contribution in [0.25, 0.3) is 10.8 Å². The Balaban J connectivity index is 1.55. The second kappa shape index (κ2) is 13.7. The number of hydrogen-bond donors (Lipinski definition) is 2. The van der Waals surface area contributed by atoms with E-state index in [1.807, 2.05) is 61.5 Å². The molecule has 1 saturated heterocycles. The van der Waals surface area contributed by atoms with Crippen molar-refractivity contribution >= 4 is 40.1 Å². The molecule has 3 N–H and O–H groups in total. The molecule has 0 saturated carbocycles. The van der Waals surface area contributed by atoms with Gasteiger partial charge >= 0.3 is 0 Å². The second-order valence-corrected chi connectivity index (χ2v) is 10.6. The Morgan fingerprint density at radius 3 is 2.42 bits per heavy atom. The van der Waals surface area contributed by atoms with Crippen LogP contribution < -0.4 is 11.1 Å². The first kappa shape index (κ1) is 29.5. The first-order valence-corrected chi connectivity index (χ1v) is 14.1. The number of nitrogens with two attached hydrogens (primary N) is 1. The molecule has 0 unspecified atom stereocenters. The van der Waals surface area contributed by atoms with Crippen molar-refractivity contribution in [1.29, 1.82) is 0 Å². The average molecular weight is 567 g/mol. The summed E-state index contributed by atoms with van der Waals surface area (Å²) in [6.07, 6.45) is 1.71. The topological polar surface area (TPSA) is 95.7 Å². The number of fused-ring (bicyclic) bond motifs is 1. The molecule has 3 aromatic carbocycles. The lowest BCUT2D eigenvalue weighted by molar-refractivity contribution is -0.156. The second-order valence-electron chi connectivity index (χ2n) is 10.2. The van der Waals surface area contributed by atoms with Crippen molar-refractivity contribution in [2.75, 3.05) is 26.3 Å². The van der Waals surface area contributed by atoms with Gasteiger partial charge in [0.25, 0.3) is 0 Å². The summed E-state index contributed by atoms with van der Waals surface area (Å²) in [6, 6.07) is 18.6. The number of carbonyl (C=O) groups excluding carboxylic acids is 3. The highest BCUT2D eigenvalue weighted by Crippen LogP contribution is 2.23. The minimum Gasteiger partial charge on any atom is -0.352 e. The van der Waals surface area contributed by atoms with Crippen molar-refractivity contribution in [3.8, 4) is 0 Å². The number of alkyl halides is 1. The molecule has 1 aliphatic heterocycles. The number of hydrogen-bond acceptors (Lipinski definition) is 4. The monoisotopic (exact) mass is 566 g/mol. The number of nitrogens with one attached hydrogen (secondary N) is 1. The van der Waals surface area contributed by atoms with Gasteiger partial charge in [-0.15, -0.1) is 0 Å². The van der Waals surface area contributed by atoms with E-state index in [0.717, 1.165) is 21.9 Å². The molecule has 212 valence electrons. The summed E-state index contributed by atoms with van der Waals surface area (Å²) in [6.45, 7) is 1.56. The molecule has 7 nitrogen and oxygen atoms in total. The van der Waals surface area contributed by atoms with E-state index in [4.69, 9.17) is 17.3 Å². The fourth-order valence-corrected chi connectivity index (χ4v) is 5.45. The fourth-order valence-electron chi connectivity index (χ4n) is 5.33. The standard InChI is InChI=1S/C31H36ClFN4O3/c1-2-5-27-31(40)37(17-16-36(27)30(39)26(34)19-21-9-12-25(32)13-10-21)28(29(38)35-15-14-33)20-22-8-11-23-6-3-4-7-24(23)18-22/h3-4,6-13,18,26-28H,2,5,14-17,19-20,34H2,1H3,(H,35,38)/t26-,27+,28+/m1/s1. The first-order valence-electron chi connectivity index (χ1n) is 13.7. The molecule has 1 fully saturated rings. The maximum atomic E-state index is 13.9. The minimum absolute atomic E-state index is 0.127. The summed E-state index contributed by atoms with van der Waals surface area (Å²) in [7, 11) is 0. The molecular weight excluding hydrogens is 531 g/mol. The van der Waals surface area contributed by atoms with E-state index in [2.05, 4.69) is 5.32 Å². The number of piperazine rings is 1. The Morgan fingerprint density at radius 1 is 1.02 bits per heavy atom. The summed E-state index contributed by atoms with van der Waals surface area (Å²) in [5, 5.41) is 5.33. The average Bonchev–Trinajstić information content (AvgIpc) is 2.96. The molecule has 0 bridgehead atoms. The van der Waals surface area contributed by atoms with Crippen molar-refractivity contribution in [1.82, 2.24) is 15.1 Å². The molecule has 0 spiro atoms. The molecule has 9 heteroatoms. The lowest BCUT2D eigenvalue weighted by Gasteiger charge is -2.44. The molecule has 1 heterocycles. The summed E-state index contributed by atoms with van der Waals surface area (Å²) in [5.41, 5.74) is 8.09. The zero-order valence-electron chi connectivity index (χ0n) is 22.7. The van der Waals surface area contributed by atoms with Gasteiger partial charge in [0.05, 0.1) is 6.04 Å². The number of benzene rings is 3. The molecule has 0 aromatic heterocycles. The summed E-state index contributed by atoms with van der Waals surface area (Å²) in [4.78, 5) is 43.7. The van der Waals surface area contributed by atoms with Gasteiger partial charge in [-0.3, -0.25) is 14.4 Å². The van der Waals surface area contributed by atoms with Gasteiger partial charge in [0.15, 0.2) is 0 Å². The highest BCUT2D eigenvalue weighted by molar-refractivity contribution is 6.30. The van der Waals surface area contributed by atoms with Crippen LogP contribution in [0.5, 0.6) is 0 Å². The Hall–Kier alpha value is -3.49. The van der Waals surface area contributed by atoms with Crippen molar-refractivity contribution < 1.29 is 18.8 Å². The summed E-state index contributed by atoms with van der Waals surface area (Å²) < 4.78 is 12.9. The quantitative estimate of drug-likeness (QED) is 0.368. The normalized spacial score (nSPS) is 17.1. The number of halogens is 2. The lowest BCUT2D eigenvalue weighted by atomic mass is 9.96. The summed E-state index contributed by atoms with van der Waals surface area (Å²) >= 11 is 5.97. The number of carbonyl (C=O) groups is 3. The van der Waals surface area contributed by atoms with E-state index in [0.29, 0.717) is 24.3 Å². The van der Waals surface area contributed by atoms with Gasteiger partial charge in [0, 0.05) is 31.1 Å². The van der Waals surface area contributed by atoms with E-state index in [9.17, 15) is 18.8 Å². The van der Waals surface area contributed by atoms with Gasteiger partial charge in [-0.2, -0.15) is 0 Å². The Bertz CT molecular complexity index is 1340. The molecule has 4 rings (SSSR count). The molecule has 0 radical (unpaired) electrons. The van der Waals surface area contributed by atoms with Crippen LogP contribution in [0.2, 0.25) is 5.02 Å². The van der Waals surface area contributed by atoms with Crippen LogP contribution in [0.1, 0.15) is 30.9 Å². The predicted molar refractivity (Wildman–Crippen MR) is 156 cm³/mol. The van der Waals surface area contributed by atoms with Crippen LogP contribution in [0.4, 0.5) is 4.39 Å². The summed E-state index contributed by atoms with van der Waals surface area (Å²) in [5.74, 6) is -0.996. The molecule has 3 atom stereocenters. The highest BCUT2D eigenvalue weighted by Gasteiger charge is 2.42. The Morgan fingerprint density at radius 2 is 1.73 bits per heavy atom. The molecule has 3 amide bonds. The Labute approximate surface area is 239 Å². The number of nitrogens with zero attached hydrogens (tertiary/aromatic N) is 2. The smallest absolute Gasteiger partial charge is 0.246 e.